The molecule has 2 aromatic rings. The van der Waals surface area contributed by atoms with E-state index in [1.54, 1.807) is 19.9 Å². The molecule has 1 aromatic heterocycles. The van der Waals surface area contributed by atoms with Gasteiger partial charge in [-0.2, -0.15) is 5.26 Å². The Balaban J connectivity index is 1.61. The SMILES string of the molecule is C[C@@H](NC(=O)C(=O)N1CC[C@H](C(=O)Nc2ccc(F)c(C#N)c2)[C@@H]1C)c1c[nH]nn1. The summed E-state index contributed by atoms with van der Waals surface area (Å²) in [5.74, 6) is -3.13. The first-order valence-corrected chi connectivity index (χ1v) is 9.30. The molecule has 30 heavy (non-hydrogen) atoms. The number of likely N-dealkylation sites (tertiary alicyclic amines) is 1. The Hall–Kier alpha value is -3.81. The van der Waals surface area contributed by atoms with Crippen molar-refractivity contribution in [2.24, 2.45) is 5.92 Å². The van der Waals surface area contributed by atoms with Gasteiger partial charge in [-0.1, -0.05) is 5.21 Å². The largest absolute Gasteiger partial charge is 0.340 e. The van der Waals surface area contributed by atoms with Crippen molar-refractivity contribution < 1.29 is 18.8 Å². The van der Waals surface area contributed by atoms with Crippen LogP contribution in [-0.2, 0) is 14.4 Å². The molecular formula is C19H20FN7O3. The predicted octanol–water partition coefficient (Wildman–Crippen LogP) is 0.868. The van der Waals surface area contributed by atoms with Crippen molar-refractivity contribution in [1.29, 1.82) is 5.26 Å². The van der Waals surface area contributed by atoms with Gasteiger partial charge in [0.05, 0.1) is 17.5 Å². The Labute approximate surface area is 171 Å². The summed E-state index contributed by atoms with van der Waals surface area (Å²) in [6, 6.07) is 4.39. The number of halogens is 1. The van der Waals surface area contributed by atoms with Crippen LogP contribution in [0.25, 0.3) is 0 Å². The van der Waals surface area contributed by atoms with Crippen LogP contribution in [0.4, 0.5) is 10.1 Å². The monoisotopic (exact) mass is 413 g/mol. The number of benzene rings is 1. The number of nitrogens with zero attached hydrogens (tertiary/aromatic N) is 4. The first-order chi connectivity index (χ1) is 14.3. The van der Waals surface area contributed by atoms with Gasteiger partial charge >= 0.3 is 11.8 Å². The number of hydrogen-bond donors (Lipinski definition) is 3. The van der Waals surface area contributed by atoms with E-state index in [9.17, 15) is 18.8 Å². The highest BCUT2D eigenvalue weighted by Crippen LogP contribution is 2.26. The summed E-state index contributed by atoms with van der Waals surface area (Å²) >= 11 is 0. The van der Waals surface area contributed by atoms with Gasteiger partial charge < -0.3 is 15.5 Å². The van der Waals surface area contributed by atoms with E-state index >= 15 is 0 Å². The number of carbonyl (C=O) groups is 3. The lowest BCUT2D eigenvalue weighted by Gasteiger charge is -2.24. The van der Waals surface area contributed by atoms with Crippen LogP contribution in [0.5, 0.6) is 0 Å². The second-order valence-corrected chi connectivity index (χ2v) is 7.02. The zero-order valence-electron chi connectivity index (χ0n) is 16.3. The highest BCUT2D eigenvalue weighted by Gasteiger charge is 2.40. The molecule has 0 aliphatic carbocycles. The van der Waals surface area contributed by atoms with E-state index in [4.69, 9.17) is 5.26 Å². The van der Waals surface area contributed by atoms with Crippen LogP contribution in [0.1, 0.15) is 37.6 Å². The van der Waals surface area contributed by atoms with E-state index in [0.29, 0.717) is 12.1 Å². The summed E-state index contributed by atoms with van der Waals surface area (Å²) in [4.78, 5) is 38.9. The van der Waals surface area contributed by atoms with Crippen molar-refractivity contribution in [3.8, 4) is 6.07 Å². The minimum absolute atomic E-state index is 0.179. The van der Waals surface area contributed by atoms with E-state index in [0.717, 1.165) is 6.07 Å². The minimum atomic E-state index is -0.796. The highest BCUT2D eigenvalue weighted by molar-refractivity contribution is 6.35. The molecule has 3 atom stereocenters. The molecule has 11 heteroatoms. The third-order valence-electron chi connectivity index (χ3n) is 5.13. The van der Waals surface area contributed by atoms with Crippen LogP contribution in [0, 0.1) is 23.1 Å². The van der Waals surface area contributed by atoms with Crippen molar-refractivity contribution in [1.82, 2.24) is 25.6 Å². The molecule has 0 radical (unpaired) electrons. The summed E-state index contributed by atoms with van der Waals surface area (Å²) in [7, 11) is 0. The summed E-state index contributed by atoms with van der Waals surface area (Å²) < 4.78 is 13.4. The number of aromatic nitrogens is 3. The summed E-state index contributed by atoms with van der Waals surface area (Å²) in [6.07, 6.45) is 1.89. The van der Waals surface area contributed by atoms with Crippen molar-refractivity contribution in [2.45, 2.75) is 32.4 Å². The van der Waals surface area contributed by atoms with Gasteiger partial charge in [0, 0.05) is 24.5 Å². The summed E-state index contributed by atoms with van der Waals surface area (Å²) in [5.41, 5.74) is 0.593. The second-order valence-electron chi connectivity index (χ2n) is 7.02. The minimum Gasteiger partial charge on any atom is -0.340 e. The number of amides is 3. The predicted molar refractivity (Wildman–Crippen MR) is 102 cm³/mol. The number of rotatable bonds is 4. The number of nitriles is 1. The Morgan fingerprint density at radius 2 is 2.17 bits per heavy atom. The van der Waals surface area contributed by atoms with Crippen molar-refractivity contribution in [3.63, 3.8) is 0 Å². The molecule has 1 saturated heterocycles. The lowest BCUT2D eigenvalue weighted by atomic mass is 10.0. The van der Waals surface area contributed by atoms with Gasteiger partial charge in [0.2, 0.25) is 5.91 Å². The Bertz CT molecular complexity index is 1000. The average Bonchev–Trinajstić information content (AvgIpc) is 3.38. The topological polar surface area (TPSA) is 144 Å². The van der Waals surface area contributed by atoms with Crippen molar-refractivity contribution >= 4 is 23.4 Å². The first kappa shape index (κ1) is 20.9. The standard InChI is InChI=1S/C19H20FN7O3/c1-10(16-9-22-26-25-16)23-18(29)19(30)27-6-5-14(11(27)2)17(28)24-13-3-4-15(20)12(7-13)8-21/h3-4,7,9-11,14H,5-6H2,1-2H3,(H,23,29)(H,24,28)(H,22,25,26)/t10-,11+,14+/m1/s1. The molecule has 1 aliphatic heterocycles. The van der Waals surface area contributed by atoms with E-state index in [-0.39, 0.29) is 23.7 Å². The Morgan fingerprint density at radius 3 is 2.83 bits per heavy atom. The molecule has 10 nitrogen and oxygen atoms in total. The van der Waals surface area contributed by atoms with Crippen molar-refractivity contribution in [2.75, 3.05) is 11.9 Å². The number of H-pyrrole nitrogens is 1. The fourth-order valence-corrected chi connectivity index (χ4v) is 3.39. The number of anilines is 1. The van der Waals surface area contributed by atoms with Gasteiger partial charge in [-0.15, -0.1) is 5.10 Å². The third-order valence-corrected chi connectivity index (χ3v) is 5.13. The molecule has 3 rings (SSSR count). The van der Waals surface area contributed by atoms with Crippen LogP contribution in [-0.4, -0.2) is 50.6 Å². The highest BCUT2D eigenvalue weighted by atomic mass is 19.1. The molecule has 1 fully saturated rings. The van der Waals surface area contributed by atoms with Gasteiger partial charge in [-0.3, -0.25) is 19.5 Å². The first-order valence-electron chi connectivity index (χ1n) is 9.30. The van der Waals surface area contributed by atoms with Crippen LogP contribution in [0.3, 0.4) is 0 Å². The Morgan fingerprint density at radius 1 is 1.40 bits per heavy atom. The summed E-state index contributed by atoms with van der Waals surface area (Å²) in [5, 5.41) is 24.0. The maximum atomic E-state index is 13.4. The Kier molecular flexibility index (Phi) is 6.06. The zero-order valence-corrected chi connectivity index (χ0v) is 16.3. The van der Waals surface area contributed by atoms with Crippen LogP contribution in [0.2, 0.25) is 0 Å². The van der Waals surface area contributed by atoms with E-state index in [1.807, 2.05) is 0 Å². The fourth-order valence-electron chi connectivity index (χ4n) is 3.39. The molecule has 156 valence electrons. The quantitative estimate of drug-likeness (QED) is 0.635. The fraction of sp³-hybridized carbons (Fsp3) is 0.368. The lowest BCUT2D eigenvalue weighted by molar-refractivity contribution is -0.147. The second kappa shape index (κ2) is 8.69. The normalized spacial score (nSPS) is 19.1. The molecule has 3 amide bonds. The number of hydrogen-bond acceptors (Lipinski definition) is 6. The van der Waals surface area contributed by atoms with Gasteiger partial charge in [0.1, 0.15) is 17.6 Å². The molecule has 0 spiro atoms. The molecule has 3 N–H and O–H groups in total. The van der Waals surface area contributed by atoms with E-state index < -0.39 is 35.6 Å². The van der Waals surface area contributed by atoms with Gasteiger partial charge in [0.25, 0.3) is 0 Å². The van der Waals surface area contributed by atoms with Crippen molar-refractivity contribution in [3.05, 3.63) is 41.5 Å². The zero-order chi connectivity index (χ0) is 21.8. The van der Waals surface area contributed by atoms with Gasteiger partial charge in [-0.25, -0.2) is 4.39 Å². The number of carbonyl (C=O) groups excluding carboxylic acids is 3. The maximum absolute atomic E-state index is 13.4. The molecule has 0 unspecified atom stereocenters. The maximum Gasteiger partial charge on any atom is 0.312 e. The summed E-state index contributed by atoms with van der Waals surface area (Å²) in [6.45, 7) is 3.61. The third kappa shape index (κ3) is 4.27. The number of aromatic amines is 1. The van der Waals surface area contributed by atoms with Crippen LogP contribution >= 0.6 is 0 Å². The molecule has 0 bridgehead atoms. The molecule has 1 aromatic carbocycles. The lowest BCUT2D eigenvalue weighted by Crippen LogP contribution is -2.46. The average molecular weight is 413 g/mol. The van der Waals surface area contributed by atoms with Gasteiger partial charge in [0.15, 0.2) is 0 Å². The number of nitrogens with one attached hydrogen (secondary N) is 3. The van der Waals surface area contributed by atoms with E-state index in [1.165, 1.54) is 23.2 Å². The molecule has 0 saturated carbocycles. The van der Waals surface area contributed by atoms with Crippen LogP contribution < -0.4 is 10.6 Å². The van der Waals surface area contributed by atoms with Gasteiger partial charge in [-0.05, 0) is 38.5 Å². The van der Waals surface area contributed by atoms with Crippen LogP contribution in [0.15, 0.2) is 24.4 Å². The smallest absolute Gasteiger partial charge is 0.312 e. The molecule has 1 aliphatic rings. The molecular weight excluding hydrogens is 393 g/mol. The van der Waals surface area contributed by atoms with E-state index in [2.05, 4.69) is 26.0 Å². The molecule has 2 heterocycles.